The van der Waals surface area contributed by atoms with Crippen LogP contribution in [0.5, 0.6) is 0 Å². The highest BCUT2D eigenvalue weighted by Crippen LogP contribution is 2.38. The lowest BCUT2D eigenvalue weighted by molar-refractivity contribution is -0.124. The number of pyridine rings is 1. The Labute approximate surface area is 233 Å². The van der Waals surface area contributed by atoms with Crippen LogP contribution < -0.4 is 4.90 Å². The Kier molecular flexibility index (Phi) is 7.43. The first-order valence-electron chi connectivity index (χ1n) is 14.2. The summed E-state index contributed by atoms with van der Waals surface area (Å²) in [5, 5.41) is 0. The summed E-state index contributed by atoms with van der Waals surface area (Å²) in [5.41, 5.74) is 3.45. The molecule has 1 aromatic carbocycles. The zero-order valence-corrected chi connectivity index (χ0v) is 22.9. The predicted molar refractivity (Wildman–Crippen MR) is 151 cm³/mol. The second-order valence-electron chi connectivity index (χ2n) is 10.8. The summed E-state index contributed by atoms with van der Waals surface area (Å²) < 4.78 is 23.4. The maximum Gasteiger partial charge on any atom is 0.343 e. The van der Waals surface area contributed by atoms with Crippen molar-refractivity contribution in [3.8, 4) is 22.6 Å². The second-order valence-corrected chi connectivity index (χ2v) is 10.8. The number of hydrogen-bond donors (Lipinski definition) is 0. The van der Waals surface area contributed by atoms with Gasteiger partial charge < -0.3 is 18.3 Å². The van der Waals surface area contributed by atoms with Gasteiger partial charge >= 0.3 is 5.97 Å². The largest absolute Gasteiger partial charge is 0.462 e. The number of ether oxygens (including phenoxy) is 2. The zero-order valence-electron chi connectivity index (χ0n) is 22.9. The highest BCUT2D eigenvalue weighted by Gasteiger charge is 2.39. The summed E-state index contributed by atoms with van der Waals surface area (Å²) in [6, 6.07) is 14.9. The standard InChI is InChI=1S/C32H34N2O6/c1-3-38-32(36)25-17-28(21-10-12-22(13-11-21)29-18-26-27(39-29)5-4-15-33-26)40-31(25)34(24-14-16-37-19-24)30(35)23-8-6-20(2)7-9-23/h4-5,10-13,15,17-18,20,23-24H,3,6-9,14,16,19H2,1-2H3/t20-,23-,24?. The van der Waals surface area contributed by atoms with Crippen molar-refractivity contribution in [2.75, 3.05) is 24.7 Å². The molecule has 1 aliphatic heterocycles. The van der Waals surface area contributed by atoms with Crippen LogP contribution in [0.2, 0.25) is 0 Å². The van der Waals surface area contributed by atoms with Crippen molar-refractivity contribution in [3.05, 3.63) is 60.3 Å². The van der Waals surface area contributed by atoms with E-state index in [1.807, 2.05) is 42.5 Å². The Bertz CT molecular complexity index is 1460. The average molecular weight is 543 g/mol. The fourth-order valence-corrected chi connectivity index (χ4v) is 5.74. The molecule has 6 rings (SSSR count). The lowest BCUT2D eigenvalue weighted by Gasteiger charge is -2.33. The number of furan rings is 2. The summed E-state index contributed by atoms with van der Waals surface area (Å²) in [6.07, 6.45) is 6.14. The molecule has 8 nitrogen and oxygen atoms in total. The number of hydrogen-bond acceptors (Lipinski definition) is 7. The number of benzene rings is 1. The van der Waals surface area contributed by atoms with Crippen LogP contribution in [-0.2, 0) is 14.3 Å². The molecular formula is C32H34N2O6. The van der Waals surface area contributed by atoms with E-state index in [0.29, 0.717) is 37.1 Å². The molecule has 1 atom stereocenters. The third kappa shape index (κ3) is 5.16. The first-order chi connectivity index (χ1) is 19.5. The molecule has 1 unspecified atom stereocenters. The summed E-state index contributed by atoms with van der Waals surface area (Å²) in [6.45, 7) is 5.20. The summed E-state index contributed by atoms with van der Waals surface area (Å²) in [7, 11) is 0. The minimum atomic E-state index is -0.507. The van der Waals surface area contributed by atoms with Crippen LogP contribution in [0.4, 0.5) is 5.88 Å². The number of rotatable bonds is 7. The van der Waals surface area contributed by atoms with Gasteiger partial charge in [-0.15, -0.1) is 0 Å². The first-order valence-corrected chi connectivity index (χ1v) is 14.2. The predicted octanol–water partition coefficient (Wildman–Crippen LogP) is 6.88. The molecule has 0 spiro atoms. The Hall–Kier alpha value is -3.91. The number of fused-ring (bicyclic) bond motifs is 1. The SMILES string of the molecule is CCOC(=O)c1cc(-c2ccc(-c3cc4ncccc4o3)cc2)oc1N(C(=O)[C@H]1CC[C@H](C)CC1)C1CCOC1. The fraction of sp³-hybridized carbons (Fsp3) is 0.406. The third-order valence-electron chi connectivity index (χ3n) is 8.04. The molecule has 8 heteroatoms. The van der Waals surface area contributed by atoms with E-state index in [9.17, 15) is 9.59 Å². The van der Waals surface area contributed by atoms with Gasteiger partial charge in [0.2, 0.25) is 11.8 Å². The van der Waals surface area contributed by atoms with Gasteiger partial charge in [-0.2, -0.15) is 0 Å². The number of aromatic nitrogens is 1. The Morgan fingerprint density at radius 2 is 1.70 bits per heavy atom. The molecule has 208 valence electrons. The lowest BCUT2D eigenvalue weighted by Crippen LogP contribution is -2.45. The zero-order chi connectivity index (χ0) is 27.6. The molecule has 40 heavy (non-hydrogen) atoms. The van der Waals surface area contributed by atoms with E-state index in [2.05, 4.69) is 11.9 Å². The topological polar surface area (TPSA) is 95.0 Å². The van der Waals surface area contributed by atoms with Gasteiger partial charge in [-0.05, 0) is 57.1 Å². The Morgan fingerprint density at radius 1 is 0.975 bits per heavy atom. The van der Waals surface area contributed by atoms with Crippen LogP contribution in [-0.4, -0.2) is 42.7 Å². The average Bonchev–Trinajstić information content (AvgIpc) is 3.74. The highest BCUT2D eigenvalue weighted by atomic mass is 16.5. The van der Waals surface area contributed by atoms with Gasteiger partial charge in [0, 0.05) is 42.0 Å². The molecule has 2 aliphatic rings. The van der Waals surface area contributed by atoms with Gasteiger partial charge in [-0.3, -0.25) is 14.7 Å². The maximum atomic E-state index is 14.0. The van der Waals surface area contributed by atoms with Crippen LogP contribution in [0.25, 0.3) is 33.7 Å². The molecular weight excluding hydrogens is 508 g/mol. The molecule has 3 aromatic heterocycles. The van der Waals surface area contributed by atoms with Crippen LogP contribution in [0.3, 0.4) is 0 Å². The molecule has 0 bridgehead atoms. The van der Waals surface area contributed by atoms with Crippen molar-refractivity contribution < 1.29 is 27.9 Å². The molecule has 0 N–H and O–H groups in total. The molecule has 1 saturated heterocycles. The van der Waals surface area contributed by atoms with Gasteiger partial charge in [0.25, 0.3) is 0 Å². The van der Waals surface area contributed by atoms with Crippen LogP contribution in [0.15, 0.2) is 63.6 Å². The molecule has 2 fully saturated rings. The number of amides is 1. The normalized spacial score (nSPS) is 21.0. The van der Waals surface area contributed by atoms with Crippen molar-refractivity contribution in [3.63, 3.8) is 0 Å². The second kappa shape index (κ2) is 11.3. The third-order valence-corrected chi connectivity index (χ3v) is 8.04. The van der Waals surface area contributed by atoms with Gasteiger partial charge in [-0.1, -0.05) is 31.2 Å². The molecule has 4 aromatic rings. The van der Waals surface area contributed by atoms with Crippen molar-refractivity contribution in [2.24, 2.45) is 11.8 Å². The van der Waals surface area contributed by atoms with E-state index in [-0.39, 0.29) is 35.9 Å². The molecule has 1 aliphatic carbocycles. The van der Waals surface area contributed by atoms with Gasteiger partial charge in [0.15, 0.2) is 5.58 Å². The van der Waals surface area contributed by atoms with Crippen molar-refractivity contribution in [1.82, 2.24) is 4.98 Å². The molecule has 1 saturated carbocycles. The minimum absolute atomic E-state index is 0.00249. The number of carbonyl (C=O) groups is 2. The van der Waals surface area contributed by atoms with E-state index in [1.165, 1.54) is 0 Å². The number of anilines is 1. The number of nitrogens with zero attached hydrogens (tertiary/aromatic N) is 2. The van der Waals surface area contributed by atoms with Crippen LogP contribution in [0, 0.1) is 11.8 Å². The Balaban J connectivity index is 1.35. The van der Waals surface area contributed by atoms with Crippen molar-refractivity contribution >= 4 is 28.9 Å². The smallest absolute Gasteiger partial charge is 0.343 e. The van der Waals surface area contributed by atoms with Gasteiger partial charge in [-0.25, -0.2) is 4.79 Å². The molecule has 0 radical (unpaired) electrons. The van der Waals surface area contributed by atoms with Crippen LogP contribution >= 0.6 is 0 Å². The number of esters is 1. The minimum Gasteiger partial charge on any atom is -0.462 e. The first kappa shape index (κ1) is 26.3. The summed E-state index contributed by atoms with van der Waals surface area (Å²) in [4.78, 5) is 33.2. The van der Waals surface area contributed by atoms with Crippen LogP contribution in [0.1, 0.15) is 56.3 Å². The van der Waals surface area contributed by atoms with E-state index < -0.39 is 5.97 Å². The lowest BCUT2D eigenvalue weighted by atomic mass is 9.82. The molecule has 4 heterocycles. The highest BCUT2D eigenvalue weighted by molar-refractivity contribution is 6.03. The summed E-state index contributed by atoms with van der Waals surface area (Å²) in [5.74, 6) is 1.47. The quantitative estimate of drug-likeness (QED) is 0.235. The number of carbonyl (C=O) groups excluding carboxylic acids is 2. The van der Waals surface area contributed by atoms with Gasteiger partial charge in [0.1, 0.15) is 22.6 Å². The Morgan fingerprint density at radius 3 is 2.35 bits per heavy atom. The molecule has 1 amide bonds. The maximum absolute atomic E-state index is 14.0. The fourth-order valence-electron chi connectivity index (χ4n) is 5.74. The monoisotopic (exact) mass is 542 g/mol. The van der Waals surface area contributed by atoms with E-state index >= 15 is 0 Å². The summed E-state index contributed by atoms with van der Waals surface area (Å²) >= 11 is 0. The van der Waals surface area contributed by atoms with Crippen molar-refractivity contribution in [2.45, 2.75) is 52.0 Å². The van der Waals surface area contributed by atoms with Crippen molar-refractivity contribution in [1.29, 1.82) is 0 Å². The van der Waals surface area contributed by atoms with E-state index in [1.54, 1.807) is 24.1 Å². The van der Waals surface area contributed by atoms with E-state index in [4.69, 9.17) is 18.3 Å². The van der Waals surface area contributed by atoms with Gasteiger partial charge in [0.05, 0.1) is 19.3 Å². The van der Waals surface area contributed by atoms with E-state index in [0.717, 1.165) is 47.9 Å².